The van der Waals surface area contributed by atoms with Crippen LogP contribution >= 0.6 is 0 Å². The minimum absolute atomic E-state index is 0.223. The number of hydrogen-bond donors (Lipinski definition) is 1. The Labute approximate surface area is 57.9 Å². The monoisotopic (exact) mass is 146 g/mol. The van der Waals surface area contributed by atoms with Crippen molar-refractivity contribution in [1.29, 1.82) is 0 Å². The highest BCUT2D eigenvalue weighted by Crippen LogP contribution is 1.95. The van der Waals surface area contributed by atoms with E-state index in [2.05, 4.69) is 11.2 Å². The van der Waals surface area contributed by atoms with Crippen LogP contribution in [0.3, 0.4) is 0 Å². The fourth-order valence-corrected chi connectivity index (χ4v) is 0.555. The Morgan fingerprint density at radius 2 is 2.33 bits per heavy atom. The van der Waals surface area contributed by atoms with Crippen LogP contribution in [0, 0.1) is 17.1 Å². The van der Waals surface area contributed by atoms with E-state index in [1.807, 2.05) is 13.8 Å². The third-order valence-corrected chi connectivity index (χ3v) is 1.30. The zero-order valence-corrected chi connectivity index (χ0v) is 6.36. The smallest absolute Gasteiger partial charge is 0.233 e. The van der Waals surface area contributed by atoms with Crippen LogP contribution in [0.5, 0.6) is 0 Å². The van der Waals surface area contributed by atoms with Crippen molar-refractivity contribution in [1.82, 2.24) is 0 Å². The molecule has 2 nitrogen and oxygen atoms in total. The average Bonchev–Trinajstić information content (AvgIpc) is 1.83. The minimum Gasteiger partial charge on any atom is -0.296 e. The Kier molecular flexibility index (Phi) is 4.37. The summed E-state index contributed by atoms with van der Waals surface area (Å²) in [5.74, 6) is 2.85. The topological polar surface area (TPSA) is 37.3 Å². The van der Waals surface area contributed by atoms with Crippen molar-refractivity contribution in [3.05, 3.63) is 0 Å². The van der Waals surface area contributed by atoms with Gasteiger partial charge in [0, 0.05) is 11.2 Å². The molecule has 0 saturated carbocycles. The highest BCUT2D eigenvalue weighted by molar-refractivity contribution is 7.84. The SMILES string of the molecule is CCC(C)C#CS(=O)O. The molecule has 0 fully saturated rings. The van der Waals surface area contributed by atoms with Crippen LogP contribution in [0.15, 0.2) is 0 Å². The average molecular weight is 146 g/mol. The number of hydrogen-bond acceptors (Lipinski definition) is 1. The summed E-state index contributed by atoms with van der Waals surface area (Å²) in [4.78, 5) is 0. The maximum atomic E-state index is 9.96. The molecule has 2 unspecified atom stereocenters. The van der Waals surface area contributed by atoms with Crippen LogP contribution in [0.4, 0.5) is 0 Å². The molecular weight excluding hydrogens is 136 g/mol. The van der Waals surface area contributed by atoms with E-state index in [1.54, 1.807) is 0 Å². The van der Waals surface area contributed by atoms with Crippen LogP contribution in [0.1, 0.15) is 20.3 Å². The van der Waals surface area contributed by atoms with Gasteiger partial charge in [0.1, 0.15) is 0 Å². The highest BCUT2D eigenvalue weighted by Gasteiger charge is 1.89. The van der Waals surface area contributed by atoms with E-state index in [0.29, 0.717) is 0 Å². The second-order valence-corrected chi connectivity index (χ2v) is 2.51. The van der Waals surface area contributed by atoms with Gasteiger partial charge in [0.05, 0.1) is 0 Å². The molecule has 0 bridgehead atoms. The van der Waals surface area contributed by atoms with Crippen molar-refractivity contribution in [3.8, 4) is 11.2 Å². The van der Waals surface area contributed by atoms with Gasteiger partial charge in [-0.05, 0) is 6.42 Å². The van der Waals surface area contributed by atoms with E-state index in [-0.39, 0.29) is 5.92 Å². The molecule has 0 aliphatic carbocycles. The predicted octanol–water partition coefficient (Wildman–Crippen LogP) is 1.22. The second kappa shape index (κ2) is 4.54. The van der Waals surface area contributed by atoms with Gasteiger partial charge >= 0.3 is 0 Å². The van der Waals surface area contributed by atoms with Gasteiger partial charge in [-0.3, -0.25) is 4.55 Å². The van der Waals surface area contributed by atoms with Gasteiger partial charge in [-0.15, -0.1) is 0 Å². The van der Waals surface area contributed by atoms with E-state index >= 15 is 0 Å². The second-order valence-electron chi connectivity index (χ2n) is 1.80. The lowest BCUT2D eigenvalue weighted by molar-refractivity contribution is 0.575. The Hall–Kier alpha value is -0.330. The van der Waals surface area contributed by atoms with Gasteiger partial charge in [0.2, 0.25) is 11.1 Å². The van der Waals surface area contributed by atoms with E-state index in [0.717, 1.165) is 6.42 Å². The molecule has 0 radical (unpaired) electrons. The predicted molar refractivity (Wildman–Crippen MR) is 38.0 cm³/mol. The molecule has 0 aliphatic rings. The lowest BCUT2D eigenvalue weighted by Gasteiger charge is -1.92. The standard InChI is InChI=1S/C6H10O2S/c1-3-6(2)4-5-9(7)8/h6H,3H2,1-2H3,(H,7,8). The van der Waals surface area contributed by atoms with E-state index in [4.69, 9.17) is 4.55 Å². The summed E-state index contributed by atoms with van der Waals surface area (Å²) in [5.41, 5.74) is 0. The molecule has 0 heterocycles. The fourth-order valence-electron chi connectivity index (χ4n) is 0.253. The summed E-state index contributed by atoms with van der Waals surface area (Å²) in [7, 11) is 0. The lowest BCUT2D eigenvalue weighted by Crippen LogP contribution is -1.86. The summed E-state index contributed by atoms with van der Waals surface area (Å²) in [6, 6.07) is 0. The van der Waals surface area contributed by atoms with Crippen molar-refractivity contribution in [2.24, 2.45) is 5.92 Å². The van der Waals surface area contributed by atoms with E-state index in [9.17, 15) is 4.21 Å². The number of rotatable bonds is 1. The van der Waals surface area contributed by atoms with Gasteiger partial charge in [0.25, 0.3) is 0 Å². The van der Waals surface area contributed by atoms with Crippen molar-refractivity contribution in [2.75, 3.05) is 0 Å². The summed E-state index contributed by atoms with van der Waals surface area (Å²) >= 11 is -1.95. The Bertz CT molecular complexity index is 154. The van der Waals surface area contributed by atoms with Crippen LogP contribution < -0.4 is 0 Å². The van der Waals surface area contributed by atoms with Gasteiger partial charge in [-0.25, -0.2) is 4.21 Å². The fraction of sp³-hybridized carbons (Fsp3) is 0.667. The van der Waals surface area contributed by atoms with E-state index in [1.165, 1.54) is 0 Å². The Morgan fingerprint density at radius 1 is 1.78 bits per heavy atom. The zero-order valence-electron chi connectivity index (χ0n) is 5.55. The molecule has 0 aromatic carbocycles. The quantitative estimate of drug-likeness (QED) is 0.446. The normalized spacial score (nSPS) is 15.4. The molecule has 0 rings (SSSR count). The summed E-state index contributed by atoms with van der Waals surface area (Å²) in [6.45, 7) is 3.90. The third kappa shape index (κ3) is 5.54. The summed E-state index contributed by atoms with van der Waals surface area (Å²) < 4.78 is 18.2. The maximum Gasteiger partial charge on any atom is 0.233 e. The first-order chi connectivity index (χ1) is 4.16. The zero-order chi connectivity index (χ0) is 7.28. The van der Waals surface area contributed by atoms with Gasteiger partial charge in [0.15, 0.2) is 0 Å². The van der Waals surface area contributed by atoms with Crippen LogP contribution in [-0.4, -0.2) is 8.76 Å². The minimum atomic E-state index is -1.95. The molecule has 3 heteroatoms. The van der Waals surface area contributed by atoms with Crippen LogP contribution in [0.25, 0.3) is 0 Å². The van der Waals surface area contributed by atoms with Gasteiger partial charge in [-0.2, -0.15) is 0 Å². The Morgan fingerprint density at radius 3 is 2.67 bits per heavy atom. The van der Waals surface area contributed by atoms with Crippen molar-refractivity contribution >= 4 is 11.1 Å². The van der Waals surface area contributed by atoms with Crippen LogP contribution in [0.2, 0.25) is 0 Å². The summed E-state index contributed by atoms with van der Waals surface area (Å²) in [5, 5.41) is 2.17. The first kappa shape index (κ1) is 8.67. The van der Waals surface area contributed by atoms with Crippen molar-refractivity contribution in [3.63, 3.8) is 0 Å². The molecule has 52 valence electrons. The van der Waals surface area contributed by atoms with Crippen molar-refractivity contribution < 1.29 is 8.76 Å². The van der Waals surface area contributed by atoms with E-state index < -0.39 is 11.1 Å². The summed E-state index contributed by atoms with van der Waals surface area (Å²) in [6.07, 6.45) is 0.921. The van der Waals surface area contributed by atoms with Gasteiger partial charge in [-0.1, -0.05) is 19.8 Å². The maximum absolute atomic E-state index is 9.96. The largest absolute Gasteiger partial charge is 0.296 e. The highest BCUT2D eigenvalue weighted by atomic mass is 32.2. The van der Waals surface area contributed by atoms with Crippen LogP contribution in [-0.2, 0) is 11.1 Å². The van der Waals surface area contributed by atoms with Crippen molar-refractivity contribution in [2.45, 2.75) is 20.3 Å². The molecule has 0 spiro atoms. The molecule has 9 heavy (non-hydrogen) atoms. The molecule has 2 atom stereocenters. The lowest BCUT2D eigenvalue weighted by atomic mass is 10.1. The molecule has 0 saturated heterocycles. The Balaban J connectivity index is 3.72. The third-order valence-electron chi connectivity index (χ3n) is 1.01. The molecule has 0 aromatic heterocycles. The first-order valence-corrected chi connectivity index (χ1v) is 3.89. The molecule has 0 aliphatic heterocycles. The molecular formula is C6H10O2S. The molecule has 0 amide bonds. The molecule has 0 aromatic rings. The first-order valence-electron chi connectivity index (χ1n) is 2.78. The van der Waals surface area contributed by atoms with Gasteiger partial charge < -0.3 is 0 Å². The molecule has 1 N–H and O–H groups in total.